The average molecular weight is 447 g/mol. The second-order valence-corrected chi connectivity index (χ2v) is 8.49. The molecule has 11 heteroatoms. The third-order valence-corrected chi connectivity index (χ3v) is 5.91. The van der Waals surface area contributed by atoms with E-state index in [1.807, 2.05) is 13.8 Å². The summed E-state index contributed by atoms with van der Waals surface area (Å²) in [6, 6.07) is 0. The highest BCUT2D eigenvalue weighted by Crippen LogP contribution is 2.35. The molecule has 0 bridgehead atoms. The number of halogens is 3. The average Bonchev–Trinajstić information content (AvgIpc) is 3.50. The molecule has 1 amide bonds. The van der Waals surface area contributed by atoms with E-state index in [2.05, 4.69) is 15.0 Å². The Morgan fingerprint density at radius 3 is 2.45 bits per heavy atom. The fraction of sp³-hybridized carbons (Fsp3) is 0.750. The first kappa shape index (κ1) is 23.5. The highest BCUT2D eigenvalue weighted by Gasteiger charge is 2.44. The van der Waals surface area contributed by atoms with Gasteiger partial charge in [0.15, 0.2) is 0 Å². The number of alkyl halides is 3. The van der Waals surface area contributed by atoms with Crippen LogP contribution in [0.1, 0.15) is 42.7 Å². The second kappa shape index (κ2) is 9.15. The lowest BCUT2D eigenvalue weighted by Gasteiger charge is -2.48. The van der Waals surface area contributed by atoms with Crippen LogP contribution >= 0.6 is 0 Å². The molecule has 3 fully saturated rings. The number of likely N-dealkylation sites (tertiary alicyclic amines) is 1. The molecule has 2 aliphatic heterocycles. The van der Waals surface area contributed by atoms with Crippen molar-refractivity contribution in [2.75, 3.05) is 32.8 Å². The standard InChI is InChI=1S/C18H27N3O3.C2HF3O2/c1-13-16(14(2)24-19-13)10-20-7-3-6-18(11-20)12-21(8-9-23-18)17(22)15-4-5-15;3-2(4,5)1(6)7/h15H,3-12H2,1-2H3;(H,6,7). The monoisotopic (exact) mass is 447 g/mol. The highest BCUT2D eigenvalue weighted by atomic mass is 19.4. The van der Waals surface area contributed by atoms with Crippen molar-refractivity contribution < 1.29 is 37.1 Å². The Hall–Kier alpha value is -2.14. The number of carboxylic acids is 1. The third-order valence-electron chi connectivity index (χ3n) is 5.91. The van der Waals surface area contributed by atoms with Gasteiger partial charge in [-0.3, -0.25) is 9.69 Å². The lowest BCUT2D eigenvalue weighted by atomic mass is 9.90. The van der Waals surface area contributed by atoms with Gasteiger partial charge in [-0.15, -0.1) is 0 Å². The van der Waals surface area contributed by atoms with Crippen molar-refractivity contribution in [3.05, 3.63) is 17.0 Å². The van der Waals surface area contributed by atoms with Gasteiger partial charge >= 0.3 is 12.1 Å². The zero-order valence-corrected chi connectivity index (χ0v) is 17.7. The summed E-state index contributed by atoms with van der Waals surface area (Å²) in [5, 5.41) is 11.2. The number of rotatable bonds is 3. The van der Waals surface area contributed by atoms with E-state index in [1.54, 1.807) is 0 Å². The number of carbonyl (C=O) groups excluding carboxylic acids is 1. The number of carboxylic acid groups (broad SMARTS) is 1. The Morgan fingerprint density at radius 2 is 1.90 bits per heavy atom. The van der Waals surface area contributed by atoms with Crippen molar-refractivity contribution in [3.8, 4) is 0 Å². The van der Waals surface area contributed by atoms with Crippen LogP contribution in [-0.2, 0) is 20.9 Å². The molecule has 1 N–H and O–H groups in total. The lowest BCUT2D eigenvalue weighted by molar-refractivity contribution is -0.192. The molecule has 1 spiro atoms. The molecule has 4 rings (SSSR count). The summed E-state index contributed by atoms with van der Waals surface area (Å²) >= 11 is 0. The largest absolute Gasteiger partial charge is 0.490 e. The van der Waals surface area contributed by atoms with E-state index in [0.29, 0.717) is 18.4 Å². The van der Waals surface area contributed by atoms with Crippen LogP contribution in [0.15, 0.2) is 4.52 Å². The van der Waals surface area contributed by atoms with E-state index >= 15 is 0 Å². The molecular formula is C20H28F3N3O5. The number of ether oxygens (including phenoxy) is 1. The van der Waals surface area contributed by atoms with Gasteiger partial charge in [-0.1, -0.05) is 5.16 Å². The SMILES string of the molecule is Cc1noc(C)c1CN1CCCC2(C1)CN(C(=O)C1CC1)CCO2.O=C(O)C(F)(F)F. The summed E-state index contributed by atoms with van der Waals surface area (Å²) in [5.74, 6) is -1.21. The number of aryl methyl sites for hydroxylation is 2. The topological polar surface area (TPSA) is 96.1 Å². The van der Waals surface area contributed by atoms with Crippen LogP contribution in [-0.4, -0.2) is 76.5 Å². The van der Waals surface area contributed by atoms with Crippen LogP contribution in [0.25, 0.3) is 0 Å². The smallest absolute Gasteiger partial charge is 0.475 e. The summed E-state index contributed by atoms with van der Waals surface area (Å²) in [5.41, 5.74) is 1.97. The number of amides is 1. The molecular weight excluding hydrogens is 419 g/mol. The van der Waals surface area contributed by atoms with Crippen molar-refractivity contribution in [2.45, 2.75) is 57.9 Å². The minimum Gasteiger partial charge on any atom is -0.475 e. The molecule has 8 nitrogen and oxygen atoms in total. The highest BCUT2D eigenvalue weighted by molar-refractivity contribution is 5.81. The van der Waals surface area contributed by atoms with Crippen LogP contribution in [0.4, 0.5) is 13.2 Å². The van der Waals surface area contributed by atoms with Gasteiger partial charge in [0.2, 0.25) is 5.91 Å². The molecule has 0 aromatic carbocycles. The van der Waals surface area contributed by atoms with Crippen molar-refractivity contribution in [1.82, 2.24) is 15.0 Å². The summed E-state index contributed by atoms with van der Waals surface area (Å²) in [6.07, 6.45) is -0.795. The molecule has 3 aliphatic rings. The molecule has 1 aliphatic carbocycles. The Morgan fingerprint density at radius 1 is 1.23 bits per heavy atom. The fourth-order valence-corrected chi connectivity index (χ4v) is 4.14. The van der Waals surface area contributed by atoms with E-state index in [4.69, 9.17) is 19.2 Å². The molecule has 1 unspecified atom stereocenters. The zero-order chi connectivity index (χ0) is 22.8. The first-order chi connectivity index (χ1) is 14.5. The van der Waals surface area contributed by atoms with E-state index in [-0.39, 0.29) is 5.60 Å². The normalized spacial score (nSPS) is 24.6. The summed E-state index contributed by atoms with van der Waals surface area (Å²) in [4.78, 5) is 25.8. The second-order valence-electron chi connectivity index (χ2n) is 8.49. The molecule has 2 saturated heterocycles. The quantitative estimate of drug-likeness (QED) is 0.761. The number of nitrogens with zero attached hydrogens (tertiary/aromatic N) is 3. The van der Waals surface area contributed by atoms with Crippen LogP contribution in [0.2, 0.25) is 0 Å². The summed E-state index contributed by atoms with van der Waals surface area (Å²) < 4.78 is 43.3. The Bertz CT molecular complexity index is 785. The number of aromatic nitrogens is 1. The van der Waals surface area contributed by atoms with Gasteiger partial charge < -0.3 is 19.3 Å². The number of aliphatic carboxylic acids is 1. The van der Waals surface area contributed by atoms with Crippen molar-refractivity contribution in [3.63, 3.8) is 0 Å². The molecule has 174 valence electrons. The van der Waals surface area contributed by atoms with E-state index in [0.717, 1.165) is 69.9 Å². The molecule has 3 heterocycles. The van der Waals surface area contributed by atoms with E-state index < -0.39 is 12.1 Å². The predicted molar refractivity (Wildman–Crippen MR) is 102 cm³/mol. The Labute approximate surface area is 178 Å². The molecule has 1 aromatic heterocycles. The lowest BCUT2D eigenvalue weighted by Crippen LogP contribution is -2.60. The maximum atomic E-state index is 12.4. The van der Waals surface area contributed by atoms with Crippen LogP contribution in [0, 0.1) is 19.8 Å². The minimum absolute atomic E-state index is 0.194. The van der Waals surface area contributed by atoms with Gasteiger partial charge in [0, 0.05) is 31.1 Å². The first-order valence-corrected chi connectivity index (χ1v) is 10.4. The zero-order valence-electron chi connectivity index (χ0n) is 17.7. The van der Waals surface area contributed by atoms with Crippen molar-refractivity contribution >= 4 is 11.9 Å². The molecule has 1 saturated carbocycles. The molecule has 1 atom stereocenters. The van der Waals surface area contributed by atoms with Crippen LogP contribution in [0.5, 0.6) is 0 Å². The van der Waals surface area contributed by atoms with E-state index in [1.165, 1.54) is 5.56 Å². The maximum absolute atomic E-state index is 12.4. The van der Waals surface area contributed by atoms with Gasteiger partial charge in [-0.05, 0) is 46.1 Å². The first-order valence-electron chi connectivity index (χ1n) is 10.4. The number of morpholine rings is 1. The minimum atomic E-state index is -5.08. The predicted octanol–water partition coefficient (Wildman–Crippen LogP) is 2.53. The van der Waals surface area contributed by atoms with Gasteiger partial charge in [0.25, 0.3) is 0 Å². The van der Waals surface area contributed by atoms with Crippen molar-refractivity contribution in [1.29, 1.82) is 0 Å². The van der Waals surface area contributed by atoms with Crippen molar-refractivity contribution in [2.24, 2.45) is 5.92 Å². The molecule has 31 heavy (non-hydrogen) atoms. The molecule has 1 aromatic rings. The van der Waals surface area contributed by atoms with Gasteiger partial charge in [0.1, 0.15) is 5.76 Å². The Kier molecular flexibility index (Phi) is 6.95. The van der Waals surface area contributed by atoms with Gasteiger partial charge in [-0.2, -0.15) is 13.2 Å². The summed E-state index contributed by atoms with van der Waals surface area (Å²) in [7, 11) is 0. The number of hydrogen-bond donors (Lipinski definition) is 1. The van der Waals surface area contributed by atoms with Crippen LogP contribution in [0.3, 0.4) is 0 Å². The van der Waals surface area contributed by atoms with Gasteiger partial charge in [-0.25, -0.2) is 4.79 Å². The van der Waals surface area contributed by atoms with E-state index in [9.17, 15) is 18.0 Å². The Balaban J connectivity index is 0.000000339. The fourth-order valence-electron chi connectivity index (χ4n) is 4.14. The number of hydrogen-bond acceptors (Lipinski definition) is 6. The maximum Gasteiger partial charge on any atom is 0.490 e. The number of carbonyl (C=O) groups is 2. The summed E-state index contributed by atoms with van der Waals surface area (Å²) in [6.45, 7) is 8.93. The van der Waals surface area contributed by atoms with Crippen LogP contribution < -0.4 is 0 Å². The molecule has 0 radical (unpaired) electrons. The third kappa shape index (κ3) is 5.97. The van der Waals surface area contributed by atoms with Gasteiger partial charge in [0.05, 0.1) is 24.4 Å². The number of piperidine rings is 1.